The SMILES string of the molecule is C[C@H]1O[C@@H](n2cc(F)c(N)nc2=O)[C@@H]2OC(c3ccccc3)(c3ccccc3)O[C@@H]21. The Morgan fingerprint density at radius 2 is 1.57 bits per heavy atom. The Labute approximate surface area is 171 Å². The highest BCUT2D eigenvalue weighted by Crippen LogP contribution is 2.50. The van der Waals surface area contributed by atoms with Crippen LogP contribution in [0.25, 0.3) is 0 Å². The quantitative estimate of drug-likeness (QED) is 0.715. The van der Waals surface area contributed by atoms with Crippen LogP contribution in [-0.2, 0) is 20.0 Å². The molecule has 0 radical (unpaired) electrons. The van der Waals surface area contributed by atoms with E-state index in [1.807, 2.05) is 67.6 Å². The number of ether oxygens (including phenoxy) is 3. The number of nitrogens with zero attached hydrogens (tertiary/aromatic N) is 2. The first-order valence-corrected chi connectivity index (χ1v) is 9.66. The molecular formula is C22H20FN3O4. The van der Waals surface area contributed by atoms with E-state index in [0.717, 1.165) is 21.9 Å². The Hall–Kier alpha value is -3.07. The summed E-state index contributed by atoms with van der Waals surface area (Å²) >= 11 is 0. The number of fused-ring (bicyclic) bond motifs is 1. The van der Waals surface area contributed by atoms with Gasteiger partial charge in [0, 0.05) is 11.1 Å². The van der Waals surface area contributed by atoms with E-state index in [1.165, 1.54) is 0 Å². The van der Waals surface area contributed by atoms with Gasteiger partial charge in [0.15, 0.2) is 17.9 Å². The van der Waals surface area contributed by atoms with Crippen LogP contribution in [0.3, 0.4) is 0 Å². The highest BCUT2D eigenvalue weighted by Gasteiger charge is 2.59. The van der Waals surface area contributed by atoms with Crippen molar-refractivity contribution in [2.45, 2.75) is 37.3 Å². The summed E-state index contributed by atoms with van der Waals surface area (Å²) in [6.45, 7) is 1.83. The molecule has 2 aromatic carbocycles. The van der Waals surface area contributed by atoms with E-state index in [9.17, 15) is 9.18 Å². The van der Waals surface area contributed by atoms with Crippen LogP contribution < -0.4 is 11.4 Å². The lowest BCUT2D eigenvalue weighted by atomic mass is 9.97. The maximum absolute atomic E-state index is 14.1. The molecular weight excluding hydrogens is 389 g/mol. The molecule has 2 N–H and O–H groups in total. The van der Waals surface area contributed by atoms with Crippen molar-refractivity contribution in [2.75, 3.05) is 5.73 Å². The Balaban J connectivity index is 1.61. The number of nitrogen functional groups attached to an aromatic ring is 1. The number of hydrogen-bond donors (Lipinski definition) is 1. The molecule has 2 fully saturated rings. The first-order chi connectivity index (χ1) is 14.5. The van der Waals surface area contributed by atoms with Gasteiger partial charge in [-0.25, -0.2) is 9.18 Å². The molecule has 30 heavy (non-hydrogen) atoms. The van der Waals surface area contributed by atoms with Crippen LogP contribution in [0, 0.1) is 5.82 Å². The number of rotatable bonds is 3. The zero-order valence-electron chi connectivity index (χ0n) is 16.1. The van der Waals surface area contributed by atoms with Gasteiger partial charge in [0.1, 0.15) is 12.2 Å². The number of hydrogen-bond acceptors (Lipinski definition) is 6. The van der Waals surface area contributed by atoms with Crippen LogP contribution in [0.5, 0.6) is 0 Å². The highest BCUT2D eigenvalue weighted by molar-refractivity contribution is 5.35. The highest BCUT2D eigenvalue weighted by atomic mass is 19.1. The smallest absolute Gasteiger partial charge is 0.351 e. The molecule has 154 valence electrons. The Morgan fingerprint density at radius 1 is 1.00 bits per heavy atom. The van der Waals surface area contributed by atoms with Gasteiger partial charge >= 0.3 is 5.69 Å². The van der Waals surface area contributed by atoms with Crippen LogP contribution in [0.15, 0.2) is 71.7 Å². The number of aromatic nitrogens is 2. The summed E-state index contributed by atoms with van der Waals surface area (Å²) < 4.78 is 34.1. The first kappa shape index (κ1) is 18.9. The van der Waals surface area contributed by atoms with E-state index >= 15 is 0 Å². The third-order valence-corrected chi connectivity index (χ3v) is 5.54. The maximum atomic E-state index is 14.1. The fraction of sp³-hybridized carbons (Fsp3) is 0.273. The second kappa shape index (κ2) is 7.02. The summed E-state index contributed by atoms with van der Waals surface area (Å²) in [5.74, 6) is -2.44. The van der Waals surface area contributed by atoms with E-state index in [2.05, 4.69) is 4.98 Å². The molecule has 8 heteroatoms. The van der Waals surface area contributed by atoms with Gasteiger partial charge in [-0.15, -0.1) is 0 Å². The van der Waals surface area contributed by atoms with E-state index in [1.54, 1.807) is 0 Å². The number of nitrogens with two attached hydrogens (primary N) is 1. The molecule has 3 aromatic rings. The molecule has 4 atom stereocenters. The fourth-order valence-corrected chi connectivity index (χ4v) is 4.12. The summed E-state index contributed by atoms with van der Waals surface area (Å²) in [6.07, 6.45) is -1.46. The van der Waals surface area contributed by atoms with Crippen molar-refractivity contribution < 1.29 is 18.6 Å². The fourth-order valence-electron chi connectivity index (χ4n) is 4.12. The molecule has 0 spiro atoms. The van der Waals surface area contributed by atoms with Gasteiger partial charge in [-0.2, -0.15) is 4.98 Å². The normalized spacial score (nSPS) is 27.1. The Bertz CT molecular complexity index is 1080. The molecule has 0 saturated carbocycles. The third-order valence-electron chi connectivity index (χ3n) is 5.54. The molecule has 0 amide bonds. The molecule has 0 unspecified atom stereocenters. The predicted molar refractivity (Wildman–Crippen MR) is 106 cm³/mol. The lowest BCUT2D eigenvalue weighted by Crippen LogP contribution is -2.36. The van der Waals surface area contributed by atoms with Crippen molar-refractivity contribution in [1.29, 1.82) is 0 Å². The second-order valence-electron chi connectivity index (χ2n) is 7.41. The molecule has 2 aliphatic rings. The minimum absolute atomic E-state index is 0.401. The second-order valence-corrected chi connectivity index (χ2v) is 7.41. The molecule has 5 rings (SSSR count). The summed E-state index contributed by atoms with van der Waals surface area (Å²) in [4.78, 5) is 15.9. The van der Waals surface area contributed by atoms with Crippen LogP contribution in [0.2, 0.25) is 0 Å². The monoisotopic (exact) mass is 409 g/mol. The van der Waals surface area contributed by atoms with E-state index in [4.69, 9.17) is 19.9 Å². The summed E-state index contributed by atoms with van der Waals surface area (Å²) in [5, 5.41) is 0. The molecule has 7 nitrogen and oxygen atoms in total. The summed E-state index contributed by atoms with van der Waals surface area (Å²) in [6, 6.07) is 19.1. The van der Waals surface area contributed by atoms with Gasteiger partial charge in [-0.3, -0.25) is 4.57 Å². The zero-order valence-corrected chi connectivity index (χ0v) is 16.1. The van der Waals surface area contributed by atoms with E-state index < -0.39 is 47.7 Å². The standard InChI is InChI=1S/C22H20FN3O4/c1-13-17-18(20(28-13)26-12-16(23)19(24)25-21(26)27)30-22(29-17,14-8-4-2-5-9-14)15-10-6-3-7-11-15/h2-13,17-18,20H,1H3,(H2,24,25,27)/t13-,17-,18-,20-/m1/s1. The maximum Gasteiger partial charge on any atom is 0.351 e. The third kappa shape index (κ3) is 2.84. The average Bonchev–Trinajstić information content (AvgIpc) is 3.30. The van der Waals surface area contributed by atoms with E-state index in [-0.39, 0.29) is 0 Å². The topological polar surface area (TPSA) is 88.6 Å². The van der Waals surface area contributed by atoms with Gasteiger partial charge in [0.05, 0.1) is 12.3 Å². The van der Waals surface area contributed by atoms with Crippen molar-refractivity contribution in [3.05, 3.63) is 94.3 Å². The van der Waals surface area contributed by atoms with Crippen molar-refractivity contribution in [3.63, 3.8) is 0 Å². The average molecular weight is 409 g/mol. The molecule has 0 bridgehead atoms. The van der Waals surface area contributed by atoms with Crippen LogP contribution in [0.1, 0.15) is 24.3 Å². The number of benzene rings is 2. The Kier molecular flexibility index (Phi) is 4.43. The molecule has 2 saturated heterocycles. The van der Waals surface area contributed by atoms with Gasteiger partial charge in [0.2, 0.25) is 5.79 Å². The first-order valence-electron chi connectivity index (χ1n) is 9.66. The van der Waals surface area contributed by atoms with Crippen molar-refractivity contribution in [1.82, 2.24) is 9.55 Å². The lowest BCUT2D eigenvalue weighted by molar-refractivity contribution is -0.199. The van der Waals surface area contributed by atoms with Crippen LogP contribution in [0.4, 0.5) is 10.2 Å². The van der Waals surface area contributed by atoms with E-state index in [0.29, 0.717) is 0 Å². The summed E-state index contributed by atoms with van der Waals surface area (Å²) in [7, 11) is 0. The van der Waals surface area contributed by atoms with Gasteiger partial charge in [-0.05, 0) is 6.92 Å². The summed E-state index contributed by atoms with van der Waals surface area (Å²) in [5.41, 5.74) is 6.33. The van der Waals surface area contributed by atoms with Gasteiger partial charge in [-0.1, -0.05) is 60.7 Å². The van der Waals surface area contributed by atoms with Crippen molar-refractivity contribution in [3.8, 4) is 0 Å². The molecule has 3 heterocycles. The lowest BCUT2D eigenvalue weighted by Gasteiger charge is -2.31. The van der Waals surface area contributed by atoms with Crippen molar-refractivity contribution in [2.24, 2.45) is 0 Å². The van der Waals surface area contributed by atoms with Crippen molar-refractivity contribution >= 4 is 5.82 Å². The zero-order chi connectivity index (χ0) is 20.9. The minimum atomic E-state index is -1.18. The number of halogens is 1. The number of anilines is 1. The molecule has 0 aliphatic carbocycles. The van der Waals surface area contributed by atoms with Crippen LogP contribution >= 0.6 is 0 Å². The molecule has 2 aliphatic heterocycles. The minimum Gasteiger partial charge on any atom is -0.381 e. The molecule has 1 aromatic heterocycles. The predicted octanol–water partition coefficient (Wildman–Crippen LogP) is 2.57. The van der Waals surface area contributed by atoms with Gasteiger partial charge < -0.3 is 19.9 Å². The largest absolute Gasteiger partial charge is 0.381 e. The van der Waals surface area contributed by atoms with Gasteiger partial charge in [0.25, 0.3) is 0 Å². The Morgan fingerprint density at radius 3 is 2.17 bits per heavy atom. The van der Waals surface area contributed by atoms with Crippen LogP contribution in [-0.4, -0.2) is 27.9 Å².